The minimum atomic E-state index is -0.299. The van der Waals surface area contributed by atoms with Crippen LogP contribution < -0.4 is 0 Å². The zero-order valence-electron chi connectivity index (χ0n) is 9.78. The Morgan fingerprint density at radius 3 is 2.67 bits per heavy atom. The molecule has 0 aliphatic heterocycles. The summed E-state index contributed by atoms with van der Waals surface area (Å²) in [5, 5.41) is 0.404. The molecule has 2 atom stereocenters. The van der Waals surface area contributed by atoms with Crippen LogP contribution in [0.15, 0.2) is 42.6 Å². The van der Waals surface area contributed by atoms with E-state index in [2.05, 4.69) is 20.9 Å². The summed E-state index contributed by atoms with van der Waals surface area (Å²) in [6.07, 6.45) is 1.74. The highest BCUT2D eigenvalue weighted by Crippen LogP contribution is 2.38. The number of aromatic nitrogens is 1. The van der Waals surface area contributed by atoms with Crippen molar-refractivity contribution in [3.05, 3.63) is 64.7 Å². The normalized spacial score (nSPS) is 14.2. The Morgan fingerprint density at radius 2 is 2.06 bits per heavy atom. The maximum absolute atomic E-state index is 13.8. The van der Waals surface area contributed by atoms with Gasteiger partial charge in [0, 0.05) is 28.4 Å². The van der Waals surface area contributed by atoms with Gasteiger partial charge in [0.1, 0.15) is 5.82 Å². The Balaban J connectivity index is 2.28. The molecule has 94 valence electrons. The number of hydrogen-bond donors (Lipinski definition) is 0. The maximum Gasteiger partial charge on any atom is 0.129 e. The summed E-state index contributed by atoms with van der Waals surface area (Å²) in [5.41, 5.74) is 1.52. The second kappa shape index (κ2) is 5.81. The van der Waals surface area contributed by atoms with E-state index in [1.807, 2.05) is 25.1 Å². The average Bonchev–Trinajstić information content (AvgIpc) is 2.38. The molecule has 0 saturated heterocycles. The van der Waals surface area contributed by atoms with E-state index in [0.29, 0.717) is 10.6 Å². The molecule has 2 aromatic rings. The van der Waals surface area contributed by atoms with E-state index < -0.39 is 0 Å². The molecule has 1 nitrogen and oxygen atoms in total. The van der Waals surface area contributed by atoms with Crippen LogP contribution >= 0.6 is 27.5 Å². The summed E-state index contributed by atoms with van der Waals surface area (Å²) >= 11 is 9.29. The predicted molar refractivity (Wildman–Crippen MR) is 75.7 cm³/mol. The second-order valence-electron chi connectivity index (χ2n) is 4.11. The zero-order chi connectivity index (χ0) is 13.1. The van der Waals surface area contributed by atoms with Gasteiger partial charge in [0.15, 0.2) is 0 Å². The molecule has 0 bridgehead atoms. The Kier molecular flexibility index (Phi) is 4.36. The van der Waals surface area contributed by atoms with E-state index in [1.165, 1.54) is 6.07 Å². The van der Waals surface area contributed by atoms with E-state index in [0.717, 1.165) is 5.69 Å². The summed E-state index contributed by atoms with van der Waals surface area (Å²) in [7, 11) is 0. The van der Waals surface area contributed by atoms with Crippen molar-refractivity contribution in [2.75, 3.05) is 0 Å². The molecule has 1 aromatic carbocycles. The van der Waals surface area contributed by atoms with Crippen molar-refractivity contribution >= 4 is 27.5 Å². The van der Waals surface area contributed by atoms with Crippen molar-refractivity contribution in [3.8, 4) is 0 Å². The van der Waals surface area contributed by atoms with Crippen molar-refractivity contribution in [3.63, 3.8) is 0 Å². The van der Waals surface area contributed by atoms with Gasteiger partial charge in [-0.2, -0.15) is 0 Å². The molecular formula is C14H12BrClFN. The van der Waals surface area contributed by atoms with E-state index in [1.54, 1.807) is 18.3 Å². The third kappa shape index (κ3) is 2.90. The molecule has 0 amide bonds. The van der Waals surface area contributed by atoms with Gasteiger partial charge in [0.2, 0.25) is 0 Å². The summed E-state index contributed by atoms with van der Waals surface area (Å²) < 4.78 is 13.8. The van der Waals surface area contributed by atoms with Gasteiger partial charge in [-0.3, -0.25) is 4.98 Å². The molecular weight excluding hydrogens is 317 g/mol. The molecule has 1 aromatic heterocycles. The van der Waals surface area contributed by atoms with E-state index in [4.69, 9.17) is 11.6 Å². The van der Waals surface area contributed by atoms with Crippen LogP contribution in [0.1, 0.15) is 28.9 Å². The number of alkyl halides is 1. The molecule has 2 rings (SSSR count). The zero-order valence-corrected chi connectivity index (χ0v) is 12.1. The first-order valence-electron chi connectivity index (χ1n) is 5.59. The summed E-state index contributed by atoms with van der Waals surface area (Å²) in [6.45, 7) is 2.01. The largest absolute Gasteiger partial charge is 0.261 e. The lowest BCUT2D eigenvalue weighted by atomic mass is 9.97. The fraction of sp³-hybridized carbons (Fsp3) is 0.214. The molecule has 0 radical (unpaired) electrons. The minimum Gasteiger partial charge on any atom is -0.261 e. The minimum absolute atomic E-state index is 0.0712. The number of nitrogens with zero attached hydrogens (tertiary/aromatic N) is 1. The first kappa shape index (κ1) is 13.5. The van der Waals surface area contributed by atoms with Gasteiger partial charge >= 0.3 is 0 Å². The average molecular weight is 329 g/mol. The van der Waals surface area contributed by atoms with E-state index >= 15 is 0 Å². The van der Waals surface area contributed by atoms with Crippen molar-refractivity contribution in [1.29, 1.82) is 0 Å². The number of halogens is 3. The molecule has 18 heavy (non-hydrogen) atoms. The molecule has 0 aliphatic rings. The lowest BCUT2D eigenvalue weighted by molar-refractivity contribution is 0.594. The van der Waals surface area contributed by atoms with Gasteiger partial charge in [-0.15, -0.1) is 0 Å². The van der Waals surface area contributed by atoms with Crippen LogP contribution in [0.3, 0.4) is 0 Å². The van der Waals surface area contributed by atoms with Crippen LogP contribution in [-0.4, -0.2) is 4.98 Å². The number of rotatable bonds is 3. The molecule has 2 unspecified atom stereocenters. The molecule has 0 aliphatic carbocycles. The van der Waals surface area contributed by atoms with Gasteiger partial charge in [-0.1, -0.05) is 46.6 Å². The van der Waals surface area contributed by atoms with Gasteiger partial charge in [0.25, 0.3) is 0 Å². The predicted octanol–water partition coefficient (Wildman–Crippen LogP) is 5.11. The number of benzene rings is 1. The highest BCUT2D eigenvalue weighted by atomic mass is 79.9. The van der Waals surface area contributed by atoms with Crippen LogP contribution in [-0.2, 0) is 0 Å². The van der Waals surface area contributed by atoms with E-state index in [9.17, 15) is 4.39 Å². The molecule has 0 saturated carbocycles. The van der Waals surface area contributed by atoms with E-state index in [-0.39, 0.29) is 16.6 Å². The first-order chi connectivity index (χ1) is 8.59. The fourth-order valence-corrected chi connectivity index (χ4v) is 2.59. The summed E-state index contributed by atoms with van der Waals surface area (Å²) in [5.74, 6) is -0.228. The molecule has 0 fully saturated rings. The molecule has 4 heteroatoms. The molecule has 0 spiro atoms. The van der Waals surface area contributed by atoms with Crippen molar-refractivity contribution in [2.45, 2.75) is 17.7 Å². The Hall–Kier alpha value is -0.930. The summed E-state index contributed by atoms with van der Waals surface area (Å²) in [4.78, 5) is 4.16. The first-order valence-corrected chi connectivity index (χ1v) is 6.89. The fourth-order valence-electron chi connectivity index (χ4n) is 1.79. The lowest BCUT2D eigenvalue weighted by Crippen LogP contribution is -2.05. The Morgan fingerprint density at radius 1 is 1.28 bits per heavy atom. The van der Waals surface area contributed by atoms with Gasteiger partial charge in [-0.05, 0) is 24.3 Å². The summed E-state index contributed by atoms with van der Waals surface area (Å²) in [6, 6.07) is 10.5. The van der Waals surface area contributed by atoms with Crippen molar-refractivity contribution < 1.29 is 4.39 Å². The highest BCUT2D eigenvalue weighted by molar-refractivity contribution is 9.09. The van der Waals surface area contributed by atoms with Crippen LogP contribution in [0.25, 0.3) is 0 Å². The topological polar surface area (TPSA) is 12.9 Å². The number of pyridine rings is 1. The quantitative estimate of drug-likeness (QED) is 0.713. The van der Waals surface area contributed by atoms with Gasteiger partial charge < -0.3 is 0 Å². The smallest absolute Gasteiger partial charge is 0.129 e. The standard InChI is InChI=1S/C14H12BrClFN/c1-9(13-4-2-3-7-18-13)14(15)11-6-5-10(16)8-12(11)17/h2-9,14H,1H3. The van der Waals surface area contributed by atoms with Gasteiger partial charge in [0.05, 0.1) is 4.83 Å². The Bertz CT molecular complexity index is 533. The van der Waals surface area contributed by atoms with Crippen LogP contribution in [0.2, 0.25) is 5.02 Å². The molecule has 1 heterocycles. The van der Waals surface area contributed by atoms with Crippen LogP contribution in [0, 0.1) is 5.82 Å². The number of hydrogen-bond acceptors (Lipinski definition) is 1. The van der Waals surface area contributed by atoms with Crippen molar-refractivity contribution in [1.82, 2.24) is 4.98 Å². The molecule has 0 N–H and O–H groups in total. The third-order valence-electron chi connectivity index (χ3n) is 2.85. The maximum atomic E-state index is 13.8. The monoisotopic (exact) mass is 327 g/mol. The lowest BCUT2D eigenvalue weighted by Gasteiger charge is -2.18. The van der Waals surface area contributed by atoms with Gasteiger partial charge in [-0.25, -0.2) is 4.39 Å². The van der Waals surface area contributed by atoms with Crippen LogP contribution in [0.5, 0.6) is 0 Å². The Labute approximate surface area is 119 Å². The highest BCUT2D eigenvalue weighted by Gasteiger charge is 2.21. The third-order valence-corrected chi connectivity index (χ3v) is 4.37. The second-order valence-corrected chi connectivity index (χ2v) is 5.53. The van der Waals surface area contributed by atoms with Crippen LogP contribution in [0.4, 0.5) is 4.39 Å². The van der Waals surface area contributed by atoms with Crippen molar-refractivity contribution in [2.24, 2.45) is 0 Å². The SMILES string of the molecule is CC(c1ccccn1)C(Br)c1ccc(Cl)cc1F.